The van der Waals surface area contributed by atoms with E-state index in [1.807, 2.05) is 51.9 Å². The van der Waals surface area contributed by atoms with Gasteiger partial charge in [0.1, 0.15) is 0 Å². The molecule has 2 amide bonds. The van der Waals surface area contributed by atoms with Crippen LogP contribution in [0.5, 0.6) is 0 Å². The molecule has 0 aliphatic carbocycles. The number of piperidine rings is 1. The van der Waals surface area contributed by atoms with Crippen LogP contribution in [0, 0.1) is 0 Å². The minimum atomic E-state index is -0.185. The zero-order valence-electron chi connectivity index (χ0n) is 19.9. The zero-order valence-corrected chi connectivity index (χ0v) is 19.9. The molecular weight excluding hydrogens is 438 g/mol. The molecule has 3 heterocycles. The van der Waals surface area contributed by atoms with Gasteiger partial charge in [0.2, 0.25) is 5.91 Å². The summed E-state index contributed by atoms with van der Waals surface area (Å²) in [6.45, 7) is 3.56. The maximum absolute atomic E-state index is 13.5. The third kappa shape index (κ3) is 5.09. The van der Waals surface area contributed by atoms with Crippen LogP contribution in [0.2, 0.25) is 0 Å². The largest absolute Gasteiger partial charge is 0.338 e. The predicted molar refractivity (Wildman–Crippen MR) is 136 cm³/mol. The second-order valence-electron chi connectivity index (χ2n) is 9.08. The molecule has 178 valence electrons. The Hall–Kier alpha value is -4.00. The van der Waals surface area contributed by atoms with Crippen molar-refractivity contribution in [2.75, 3.05) is 18.4 Å². The lowest BCUT2D eigenvalue weighted by Crippen LogP contribution is -2.39. The van der Waals surface area contributed by atoms with Crippen molar-refractivity contribution in [1.82, 2.24) is 19.4 Å². The monoisotopic (exact) mass is 467 g/mol. The van der Waals surface area contributed by atoms with Crippen LogP contribution in [0.15, 0.2) is 73.2 Å². The molecule has 0 bridgehead atoms. The van der Waals surface area contributed by atoms with Gasteiger partial charge in [-0.25, -0.2) is 4.98 Å². The molecule has 7 nitrogen and oxygen atoms in total. The summed E-state index contributed by atoms with van der Waals surface area (Å²) >= 11 is 0. The summed E-state index contributed by atoms with van der Waals surface area (Å²) in [5.74, 6) is 0.121. The average Bonchev–Trinajstić information content (AvgIpc) is 3.31. The molecule has 0 saturated carbocycles. The number of nitrogens with zero attached hydrogens (tertiary/aromatic N) is 4. The predicted octanol–water partition coefficient (Wildman–Crippen LogP) is 4.65. The number of aromatic nitrogens is 3. The van der Waals surface area contributed by atoms with Gasteiger partial charge >= 0.3 is 0 Å². The lowest BCUT2D eigenvalue weighted by molar-refractivity contribution is -0.114. The van der Waals surface area contributed by atoms with Crippen LogP contribution < -0.4 is 5.32 Å². The number of amides is 2. The molecule has 4 aromatic rings. The number of likely N-dealkylation sites (tertiary alicyclic amines) is 1. The maximum Gasteiger partial charge on any atom is 0.254 e. The summed E-state index contributed by atoms with van der Waals surface area (Å²) in [7, 11) is 0. The molecule has 0 spiro atoms. The van der Waals surface area contributed by atoms with E-state index in [1.165, 1.54) is 12.5 Å². The van der Waals surface area contributed by atoms with E-state index < -0.39 is 0 Å². The number of aryl methyl sites for hydroxylation is 2. The van der Waals surface area contributed by atoms with E-state index in [-0.39, 0.29) is 11.8 Å². The Balaban J connectivity index is 1.42. The second-order valence-corrected chi connectivity index (χ2v) is 9.08. The van der Waals surface area contributed by atoms with Gasteiger partial charge in [0.15, 0.2) is 0 Å². The van der Waals surface area contributed by atoms with Crippen molar-refractivity contribution >= 4 is 28.5 Å². The van der Waals surface area contributed by atoms with Crippen LogP contribution in [0.4, 0.5) is 5.69 Å². The van der Waals surface area contributed by atoms with Gasteiger partial charge in [-0.1, -0.05) is 36.4 Å². The standard InChI is InChI=1S/C28H29N5O2/c1-20(34)31-26-17-23(28(35)32-14-7-10-22(18-32)21-8-3-2-4-9-21)16-25-27(26)33(19-30-25)15-12-24-11-5-6-13-29-24/h2-6,8-9,11,13,16-17,19,22H,7,10,12,14-15,18H2,1H3,(H,31,34)/t22-/m1/s1. The Morgan fingerprint density at radius 3 is 2.66 bits per heavy atom. The summed E-state index contributed by atoms with van der Waals surface area (Å²) < 4.78 is 2.01. The first-order chi connectivity index (χ1) is 17.1. The van der Waals surface area contributed by atoms with E-state index in [0.29, 0.717) is 35.8 Å². The highest BCUT2D eigenvalue weighted by atomic mass is 16.2. The Morgan fingerprint density at radius 1 is 1.06 bits per heavy atom. The molecular formula is C28H29N5O2. The molecule has 2 aromatic heterocycles. The van der Waals surface area contributed by atoms with E-state index in [1.54, 1.807) is 18.6 Å². The molecule has 1 saturated heterocycles. The third-order valence-corrected chi connectivity index (χ3v) is 6.59. The summed E-state index contributed by atoms with van der Waals surface area (Å²) in [5, 5.41) is 2.92. The van der Waals surface area contributed by atoms with Crippen molar-refractivity contribution in [3.8, 4) is 0 Å². The summed E-state index contributed by atoms with van der Waals surface area (Å²) in [5.41, 5.74) is 4.91. The molecule has 1 aliphatic heterocycles. The molecule has 7 heteroatoms. The van der Waals surface area contributed by atoms with E-state index in [2.05, 4.69) is 27.4 Å². The van der Waals surface area contributed by atoms with Gasteiger partial charge in [-0.15, -0.1) is 0 Å². The number of carbonyl (C=O) groups excluding carboxylic acids is 2. The number of nitrogens with one attached hydrogen (secondary N) is 1. The Kier molecular flexibility index (Phi) is 6.57. The van der Waals surface area contributed by atoms with Gasteiger partial charge in [-0.2, -0.15) is 0 Å². The smallest absolute Gasteiger partial charge is 0.254 e. The molecule has 1 fully saturated rings. The Bertz CT molecular complexity index is 1330. The van der Waals surface area contributed by atoms with Crippen LogP contribution in [0.25, 0.3) is 11.0 Å². The quantitative estimate of drug-likeness (QED) is 0.448. The second kappa shape index (κ2) is 10.1. The first-order valence-corrected chi connectivity index (χ1v) is 12.1. The van der Waals surface area contributed by atoms with Crippen molar-refractivity contribution < 1.29 is 9.59 Å². The number of fused-ring (bicyclic) bond motifs is 1. The highest BCUT2D eigenvalue weighted by Crippen LogP contribution is 2.30. The fourth-order valence-corrected chi connectivity index (χ4v) is 4.91. The highest BCUT2D eigenvalue weighted by Gasteiger charge is 2.26. The van der Waals surface area contributed by atoms with Crippen LogP contribution in [-0.4, -0.2) is 44.3 Å². The molecule has 0 radical (unpaired) electrons. The maximum atomic E-state index is 13.5. The van der Waals surface area contributed by atoms with Crippen molar-refractivity contribution in [3.63, 3.8) is 0 Å². The van der Waals surface area contributed by atoms with Crippen molar-refractivity contribution in [2.24, 2.45) is 0 Å². The van der Waals surface area contributed by atoms with Crippen molar-refractivity contribution in [2.45, 2.75) is 38.6 Å². The number of anilines is 1. The minimum absolute atomic E-state index is 0.0258. The molecule has 1 atom stereocenters. The third-order valence-electron chi connectivity index (χ3n) is 6.59. The number of pyridine rings is 1. The topological polar surface area (TPSA) is 80.1 Å². The molecule has 1 aliphatic rings. The van der Waals surface area contributed by atoms with Gasteiger partial charge in [-0.3, -0.25) is 14.6 Å². The average molecular weight is 468 g/mol. The van der Waals surface area contributed by atoms with Crippen molar-refractivity contribution in [3.05, 3.63) is 90.0 Å². The number of benzene rings is 2. The highest BCUT2D eigenvalue weighted by molar-refractivity contribution is 6.05. The van der Waals surface area contributed by atoms with E-state index in [0.717, 1.165) is 37.0 Å². The zero-order chi connectivity index (χ0) is 24.2. The van der Waals surface area contributed by atoms with Gasteiger partial charge in [0, 0.05) is 56.4 Å². The first kappa shape index (κ1) is 22.8. The van der Waals surface area contributed by atoms with E-state index >= 15 is 0 Å². The van der Waals surface area contributed by atoms with Gasteiger partial charge in [0.05, 0.1) is 23.0 Å². The molecule has 35 heavy (non-hydrogen) atoms. The summed E-state index contributed by atoms with van der Waals surface area (Å²) in [6, 6.07) is 19.9. The molecule has 1 N–H and O–H groups in total. The normalized spacial score (nSPS) is 15.8. The number of carbonyl (C=O) groups is 2. The lowest BCUT2D eigenvalue weighted by Gasteiger charge is -2.33. The molecule has 2 aromatic carbocycles. The van der Waals surface area contributed by atoms with Gasteiger partial charge in [-0.05, 0) is 42.7 Å². The summed E-state index contributed by atoms with van der Waals surface area (Å²) in [6.07, 6.45) is 6.32. The van der Waals surface area contributed by atoms with Crippen LogP contribution >= 0.6 is 0 Å². The van der Waals surface area contributed by atoms with Gasteiger partial charge < -0.3 is 14.8 Å². The number of rotatable bonds is 6. The lowest BCUT2D eigenvalue weighted by atomic mass is 9.90. The van der Waals surface area contributed by atoms with Crippen LogP contribution in [0.3, 0.4) is 0 Å². The van der Waals surface area contributed by atoms with Crippen LogP contribution in [0.1, 0.15) is 47.3 Å². The fraction of sp³-hybridized carbons (Fsp3) is 0.286. The summed E-state index contributed by atoms with van der Waals surface area (Å²) in [4.78, 5) is 36.4. The first-order valence-electron chi connectivity index (χ1n) is 12.1. The van der Waals surface area contributed by atoms with Crippen molar-refractivity contribution in [1.29, 1.82) is 0 Å². The fourth-order valence-electron chi connectivity index (χ4n) is 4.91. The van der Waals surface area contributed by atoms with E-state index in [4.69, 9.17) is 0 Å². The molecule has 5 rings (SSSR count). The Morgan fingerprint density at radius 2 is 1.89 bits per heavy atom. The van der Waals surface area contributed by atoms with Gasteiger partial charge in [0.25, 0.3) is 5.91 Å². The number of hydrogen-bond donors (Lipinski definition) is 1. The van der Waals surface area contributed by atoms with E-state index in [9.17, 15) is 9.59 Å². The minimum Gasteiger partial charge on any atom is -0.338 e. The SMILES string of the molecule is CC(=O)Nc1cc(C(=O)N2CCC[C@@H](c3ccccc3)C2)cc2ncn(CCc3ccccn3)c12. The number of imidazole rings is 1. The Labute approximate surface area is 204 Å². The van der Waals surface area contributed by atoms with Crippen LogP contribution in [-0.2, 0) is 17.8 Å². The molecule has 0 unspecified atom stereocenters. The number of hydrogen-bond acceptors (Lipinski definition) is 4.